The van der Waals surface area contributed by atoms with E-state index in [4.69, 9.17) is 5.73 Å². The van der Waals surface area contributed by atoms with Gasteiger partial charge in [0, 0.05) is 37.4 Å². The summed E-state index contributed by atoms with van der Waals surface area (Å²) in [6, 6.07) is 5.32. The van der Waals surface area contributed by atoms with Crippen LogP contribution in [0.2, 0.25) is 0 Å². The van der Waals surface area contributed by atoms with Crippen LogP contribution in [0, 0.1) is 6.92 Å². The Morgan fingerprint density at radius 2 is 2.00 bits per heavy atom. The van der Waals surface area contributed by atoms with Crippen LogP contribution in [0.25, 0.3) is 0 Å². The Kier molecular flexibility index (Phi) is 4.49. The van der Waals surface area contributed by atoms with Crippen LogP contribution in [-0.4, -0.2) is 29.0 Å². The Bertz CT molecular complexity index is 582. The molecule has 0 bridgehead atoms. The van der Waals surface area contributed by atoms with E-state index < -0.39 is 5.91 Å². The maximum Gasteiger partial charge on any atom is 0.250 e. The number of nitrogens with two attached hydrogens (primary N) is 1. The van der Waals surface area contributed by atoms with Crippen LogP contribution < -0.4 is 16.4 Å². The van der Waals surface area contributed by atoms with Gasteiger partial charge in [0.05, 0.1) is 5.56 Å². The number of amides is 1. The van der Waals surface area contributed by atoms with Gasteiger partial charge >= 0.3 is 0 Å². The van der Waals surface area contributed by atoms with Crippen molar-refractivity contribution < 1.29 is 4.79 Å². The molecular weight excluding hydrogens is 254 g/mol. The molecule has 0 fully saturated rings. The molecule has 0 saturated heterocycles. The molecule has 0 saturated carbocycles. The Morgan fingerprint density at radius 1 is 1.20 bits per heavy atom. The molecule has 6 heteroatoms. The van der Waals surface area contributed by atoms with E-state index >= 15 is 0 Å². The molecule has 0 radical (unpaired) electrons. The Balaban J connectivity index is 1.79. The zero-order chi connectivity index (χ0) is 14.4. The molecular formula is C14H17N5O. The van der Waals surface area contributed by atoms with Gasteiger partial charge in [-0.3, -0.25) is 9.78 Å². The fourth-order valence-corrected chi connectivity index (χ4v) is 1.70. The summed E-state index contributed by atoms with van der Waals surface area (Å²) < 4.78 is 0. The van der Waals surface area contributed by atoms with Crippen LogP contribution in [0.4, 0.5) is 11.5 Å². The van der Waals surface area contributed by atoms with Crippen molar-refractivity contribution in [1.29, 1.82) is 0 Å². The minimum atomic E-state index is -0.473. The van der Waals surface area contributed by atoms with Crippen LogP contribution in [-0.2, 0) is 0 Å². The molecule has 0 aliphatic carbocycles. The average molecular weight is 271 g/mol. The lowest BCUT2D eigenvalue weighted by Gasteiger charge is -2.10. The average Bonchev–Trinajstić information content (AvgIpc) is 2.46. The van der Waals surface area contributed by atoms with E-state index in [1.54, 1.807) is 18.3 Å². The van der Waals surface area contributed by atoms with Gasteiger partial charge in [-0.25, -0.2) is 4.98 Å². The van der Waals surface area contributed by atoms with Gasteiger partial charge in [-0.05, 0) is 30.7 Å². The number of pyridine rings is 2. The molecule has 0 aromatic carbocycles. The monoisotopic (exact) mass is 271 g/mol. The van der Waals surface area contributed by atoms with Crippen LogP contribution in [0.1, 0.15) is 15.9 Å². The molecule has 20 heavy (non-hydrogen) atoms. The van der Waals surface area contributed by atoms with Gasteiger partial charge in [-0.2, -0.15) is 0 Å². The molecule has 2 heterocycles. The summed E-state index contributed by atoms with van der Waals surface area (Å²) in [6.07, 6.45) is 5.04. The van der Waals surface area contributed by atoms with E-state index in [0.717, 1.165) is 17.8 Å². The lowest BCUT2D eigenvalue weighted by Crippen LogP contribution is -2.15. The van der Waals surface area contributed by atoms with Crippen molar-refractivity contribution in [2.75, 3.05) is 23.7 Å². The van der Waals surface area contributed by atoms with Crippen LogP contribution >= 0.6 is 0 Å². The van der Waals surface area contributed by atoms with Gasteiger partial charge in [-0.15, -0.1) is 0 Å². The van der Waals surface area contributed by atoms with Crippen LogP contribution in [0.15, 0.2) is 36.8 Å². The predicted octanol–water partition coefficient (Wildman–Crippen LogP) is 1.41. The second-order valence-electron chi connectivity index (χ2n) is 4.34. The van der Waals surface area contributed by atoms with Crippen LogP contribution in [0.5, 0.6) is 0 Å². The number of carbonyl (C=O) groups excluding carboxylic acids is 1. The molecule has 0 unspecified atom stereocenters. The highest BCUT2D eigenvalue weighted by atomic mass is 16.1. The third-order valence-corrected chi connectivity index (χ3v) is 2.81. The molecule has 0 atom stereocenters. The van der Waals surface area contributed by atoms with E-state index in [-0.39, 0.29) is 0 Å². The van der Waals surface area contributed by atoms with Crippen LogP contribution in [0.3, 0.4) is 0 Å². The number of hydrogen-bond acceptors (Lipinski definition) is 5. The molecule has 0 aliphatic heterocycles. The van der Waals surface area contributed by atoms with Crippen molar-refractivity contribution in [3.8, 4) is 0 Å². The maximum atomic E-state index is 10.9. The fraction of sp³-hybridized carbons (Fsp3) is 0.214. The summed E-state index contributed by atoms with van der Waals surface area (Å²) in [7, 11) is 0. The zero-order valence-corrected chi connectivity index (χ0v) is 11.3. The molecule has 0 spiro atoms. The number of rotatable bonds is 6. The van der Waals surface area contributed by atoms with Crippen molar-refractivity contribution >= 4 is 17.4 Å². The summed E-state index contributed by atoms with van der Waals surface area (Å²) in [5.74, 6) is 0.238. The first-order valence-electron chi connectivity index (χ1n) is 6.31. The number of nitrogens with zero attached hydrogens (tertiary/aromatic N) is 2. The Labute approximate surface area is 117 Å². The molecule has 6 nitrogen and oxygen atoms in total. The zero-order valence-electron chi connectivity index (χ0n) is 11.3. The van der Waals surface area contributed by atoms with Crippen molar-refractivity contribution in [1.82, 2.24) is 9.97 Å². The van der Waals surface area contributed by atoms with Crippen molar-refractivity contribution in [2.45, 2.75) is 6.92 Å². The minimum Gasteiger partial charge on any atom is -0.383 e. The van der Waals surface area contributed by atoms with Crippen molar-refractivity contribution in [2.24, 2.45) is 5.73 Å². The molecule has 4 N–H and O–H groups in total. The third kappa shape index (κ3) is 3.68. The Hall–Kier alpha value is -2.63. The summed E-state index contributed by atoms with van der Waals surface area (Å²) in [6.45, 7) is 3.47. The molecule has 2 rings (SSSR count). The SMILES string of the molecule is Cc1cnccc1NCCNc1ccc(C(N)=O)cn1. The van der Waals surface area contributed by atoms with Crippen molar-refractivity contribution in [3.63, 3.8) is 0 Å². The van der Waals surface area contributed by atoms with E-state index in [0.29, 0.717) is 17.9 Å². The summed E-state index contributed by atoms with van der Waals surface area (Å²) in [5.41, 5.74) is 7.73. The standard InChI is InChI=1S/C14H17N5O/c1-10-8-16-5-4-12(10)17-6-7-18-13-3-2-11(9-19-13)14(15)20/h2-5,8-9H,6-7H2,1H3,(H2,15,20)(H,16,17)(H,18,19). The number of aryl methyl sites for hydroxylation is 1. The van der Waals surface area contributed by atoms with Crippen molar-refractivity contribution in [3.05, 3.63) is 47.9 Å². The highest BCUT2D eigenvalue weighted by Gasteiger charge is 2.00. The molecule has 2 aromatic heterocycles. The van der Waals surface area contributed by atoms with Gasteiger partial charge in [0.1, 0.15) is 5.82 Å². The quantitative estimate of drug-likeness (QED) is 0.691. The van der Waals surface area contributed by atoms with E-state index in [1.807, 2.05) is 19.2 Å². The first-order valence-corrected chi connectivity index (χ1v) is 6.31. The van der Waals surface area contributed by atoms with Gasteiger partial charge in [-0.1, -0.05) is 0 Å². The normalized spacial score (nSPS) is 10.1. The minimum absolute atomic E-state index is 0.404. The third-order valence-electron chi connectivity index (χ3n) is 2.81. The first kappa shape index (κ1) is 13.8. The molecule has 0 aliphatic rings. The maximum absolute atomic E-state index is 10.9. The lowest BCUT2D eigenvalue weighted by molar-refractivity contribution is 0.1000. The van der Waals surface area contributed by atoms with Gasteiger partial charge in [0.25, 0.3) is 0 Å². The molecule has 104 valence electrons. The highest BCUT2D eigenvalue weighted by Crippen LogP contribution is 2.10. The summed E-state index contributed by atoms with van der Waals surface area (Å²) >= 11 is 0. The largest absolute Gasteiger partial charge is 0.383 e. The lowest BCUT2D eigenvalue weighted by atomic mass is 10.2. The second kappa shape index (κ2) is 6.51. The van der Waals surface area contributed by atoms with E-state index in [2.05, 4.69) is 20.6 Å². The highest BCUT2D eigenvalue weighted by molar-refractivity contribution is 5.92. The van der Waals surface area contributed by atoms with Gasteiger partial charge < -0.3 is 16.4 Å². The second-order valence-corrected chi connectivity index (χ2v) is 4.34. The van der Waals surface area contributed by atoms with E-state index in [1.165, 1.54) is 6.20 Å². The van der Waals surface area contributed by atoms with Gasteiger partial charge in [0.2, 0.25) is 5.91 Å². The summed E-state index contributed by atoms with van der Waals surface area (Å²) in [4.78, 5) is 19.1. The Morgan fingerprint density at radius 3 is 2.65 bits per heavy atom. The molecule has 1 amide bonds. The van der Waals surface area contributed by atoms with E-state index in [9.17, 15) is 4.79 Å². The fourth-order valence-electron chi connectivity index (χ4n) is 1.70. The number of anilines is 2. The summed E-state index contributed by atoms with van der Waals surface area (Å²) in [5, 5.41) is 6.47. The predicted molar refractivity (Wildman–Crippen MR) is 78.7 cm³/mol. The topological polar surface area (TPSA) is 92.9 Å². The smallest absolute Gasteiger partial charge is 0.250 e. The number of carbonyl (C=O) groups is 1. The number of nitrogens with one attached hydrogen (secondary N) is 2. The number of primary amides is 1. The first-order chi connectivity index (χ1) is 9.66. The van der Waals surface area contributed by atoms with Gasteiger partial charge in [0.15, 0.2) is 0 Å². The number of hydrogen-bond donors (Lipinski definition) is 3. The molecule has 2 aromatic rings. The number of aromatic nitrogens is 2.